The number of rotatable bonds is 7. The number of anilines is 1. The highest BCUT2D eigenvalue weighted by Crippen LogP contribution is 2.29. The molecule has 8 heteroatoms. The highest BCUT2D eigenvalue weighted by atomic mass is 35.5. The topological polar surface area (TPSA) is 47.6 Å². The molecule has 0 unspecified atom stereocenters. The monoisotopic (exact) mass is 389 g/mol. The Labute approximate surface area is 155 Å². The van der Waals surface area contributed by atoms with Gasteiger partial charge in [-0.1, -0.05) is 0 Å². The lowest BCUT2D eigenvalue weighted by Crippen LogP contribution is -2.08. The van der Waals surface area contributed by atoms with Gasteiger partial charge >= 0.3 is 12.1 Å². The van der Waals surface area contributed by atoms with E-state index in [4.69, 9.17) is 4.74 Å². The van der Waals surface area contributed by atoms with Crippen LogP contribution >= 0.6 is 12.4 Å². The summed E-state index contributed by atoms with van der Waals surface area (Å²) in [4.78, 5) is 11.3. The molecular formula is C18H19ClF3NO3. The largest absolute Gasteiger partial charge is 0.494 e. The molecule has 0 atom stereocenters. The van der Waals surface area contributed by atoms with Crippen LogP contribution in [0.5, 0.6) is 5.75 Å². The zero-order chi connectivity index (χ0) is 18.3. The molecule has 0 saturated carbocycles. The Hall–Kier alpha value is -2.41. The van der Waals surface area contributed by atoms with E-state index in [1.54, 1.807) is 24.3 Å². The zero-order valence-electron chi connectivity index (χ0n) is 14.0. The van der Waals surface area contributed by atoms with Crippen LogP contribution in [0.2, 0.25) is 0 Å². The zero-order valence-corrected chi connectivity index (χ0v) is 14.8. The van der Waals surface area contributed by atoms with E-state index >= 15 is 0 Å². The molecule has 0 heterocycles. The van der Waals surface area contributed by atoms with Crippen molar-refractivity contribution in [1.29, 1.82) is 0 Å². The van der Waals surface area contributed by atoms with Gasteiger partial charge in [0.2, 0.25) is 0 Å². The lowest BCUT2D eigenvalue weighted by Gasteiger charge is -2.10. The van der Waals surface area contributed by atoms with Crippen molar-refractivity contribution in [2.75, 3.05) is 25.6 Å². The summed E-state index contributed by atoms with van der Waals surface area (Å²) in [7, 11) is 1.32. The van der Waals surface area contributed by atoms with Crippen molar-refractivity contribution in [1.82, 2.24) is 0 Å². The molecule has 0 aliphatic rings. The minimum absolute atomic E-state index is 0. The van der Waals surface area contributed by atoms with Gasteiger partial charge in [-0.25, -0.2) is 4.79 Å². The molecule has 142 valence electrons. The van der Waals surface area contributed by atoms with Gasteiger partial charge in [0.25, 0.3) is 0 Å². The predicted molar refractivity (Wildman–Crippen MR) is 95.1 cm³/mol. The van der Waals surface area contributed by atoms with Gasteiger partial charge in [-0.2, -0.15) is 13.2 Å². The number of carbonyl (C=O) groups excluding carboxylic acids is 1. The lowest BCUT2D eigenvalue weighted by molar-refractivity contribution is -0.137. The number of esters is 1. The van der Waals surface area contributed by atoms with Crippen molar-refractivity contribution >= 4 is 24.1 Å². The van der Waals surface area contributed by atoms with Crippen molar-refractivity contribution in [3.05, 3.63) is 59.7 Å². The summed E-state index contributed by atoms with van der Waals surface area (Å²) in [6.07, 6.45) is -3.66. The van der Waals surface area contributed by atoms with Gasteiger partial charge in [0.05, 0.1) is 24.8 Å². The molecule has 0 amide bonds. The number of benzene rings is 2. The van der Waals surface area contributed by atoms with Crippen LogP contribution in [0.25, 0.3) is 0 Å². The van der Waals surface area contributed by atoms with Gasteiger partial charge in [0.15, 0.2) is 0 Å². The third kappa shape index (κ3) is 6.48. The quantitative estimate of drug-likeness (QED) is 0.546. The number of methoxy groups -OCH3 is 1. The van der Waals surface area contributed by atoms with E-state index in [1.165, 1.54) is 19.2 Å². The minimum Gasteiger partial charge on any atom is -0.494 e. The number of ether oxygens (including phenoxy) is 2. The van der Waals surface area contributed by atoms with E-state index < -0.39 is 17.7 Å². The summed E-state index contributed by atoms with van der Waals surface area (Å²) in [5.41, 5.74) is 0.394. The van der Waals surface area contributed by atoms with Crippen molar-refractivity contribution in [3.63, 3.8) is 0 Å². The van der Waals surface area contributed by atoms with Crippen LogP contribution in [0.1, 0.15) is 22.3 Å². The van der Waals surface area contributed by atoms with Crippen molar-refractivity contribution < 1.29 is 27.4 Å². The molecule has 0 radical (unpaired) electrons. The lowest BCUT2D eigenvalue weighted by atomic mass is 10.2. The van der Waals surface area contributed by atoms with E-state index in [2.05, 4.69) is 10.1 Å². The van der Waals surface area contributed by atoms with Crippen LogP contribution in [-0.2, 0) is 10.9 Å². The highest BCUT2D eigenvalue weighted by Gasteiger charge is 2.29. The molecule has 4 nitrogen and oxygen atoms in total. The van der Waals surface area contributed by atoms with Gasteiger partial charge in [0.1, 0.15) is 5.75 Å². The number of hydrogen-bond acceptors (Lipinski definition) is 4. The maximum absolute atomic E-state index is 12.5. The Morgan fingerprint density at radius 3 is 2.19 bits per heavy atom. The van der Waals surface area contributed by atoms with Crippen molar-refractivity contribution in [2.24, 2.45) is 0 Å². The van der Waals surface area contributed by atoms with Crippen molar-refractivity contribution in [2.45, 2.75) is 12.6 Å². The molecule has 2 aromatic rings. The van der Waals surface area contributed by atoms with Crippen LogP contribution in [0, 0.1) is 0 Å². The molecule has 0 fully saturated rings. The summed E-state index contributed by atoms with van der Waals surface area (Å²) in [6, 6.07) is 11.5. The first-order valence-electron chi connectivity index (χ1n) is 7.62. The van der Waals surface area contributed by atoms with Crippen molar-refractivity contribution in [3.8, 4) is 5.75 Å². The van der Waals surface area contributed by atoms with Crippen LogP contribution < -0.4 is 10.1 Å². The molecule has 1 N–H and O–H groups in total. The summed E-state index contributed by atoms with van der Waals surface area (Å²) >= 11 is 0. The number of halogens is 4. The normalized spacial score (nSPS) is 10.6. The Balaban J connectivity index is 0.00000338. The van der Waals surface area contributed by atoms with E-state index in [-0.39, 0.29) is 12.4 Å². The van der Waals surface area contributed by atoms with Crippen LogP contribution in [0.15, 0.2) is 48.5 Å². The Kier molecular flexibility index (Phi) is 8.25. The molecule has 0 spiro atoms. The number of carbonyl (C=O) groups is 1. The molecular weight excluding hydrogens is 371 g/mol. The fraction of sp³-hybridized carbons (Fsp3) is 0.278. The van der Waals surface area contributed by atoms with E-state index in [0.29, 0.717) is 36.6 Å². The molecule has 2 rings (SSSR count). The second-order valence-electron chi connectivity index (χ2n) is 5.22. The summed E-state index contributed by atoms with van der Waals surface area (Å²) in [5.74, 6) is 0.217. The highest BCUT2D eigenvalue weighted by molar-refractivity contribution is 5.89. The molecule has 0 saturated heterocycles. The van der Waals surface area contributed by atoms with Crippen LogP contribution in [0.4, 0.5) is 18.9 Å². The molecule has 0 aliphatic heterocycles. The molecule has 0 aromatic heterocycles. The fourth-order valence-corrected chi connectivity index (χ4v) is 2.08. The molecule has 2 aromatic carbocycles. The third-order valence-electron chi connectivity index (χ3n) is 3.41. The fourth-order valence-electron chi connectivity index (χ4n) is 2.08. The Bertz CT molecular complexity index is 688. The molecule has 26 heavy (non-hydrogen) atoms. The average Bonchev–Trinajstić information content (AvgIpc) is 2.61. The second-order valence-corrected chi connectivity index (χ2v) is 5.22. The second kappa shape index (κ2) is 9.91. The number of hydrogen-bond donors (Lipinski definition) is 1. The Morgan fingerprint density at radius 1 is 1.04 bits per heavy atom. The minimum atomic E-state index is -4.32. The van der Waals surface area contributed by atoms with Gasteiger partial charge in [0, 0.05) is 12.2 Å². The number of nitrogens with one attached hydrogen (secondary N) is 1. The maximum Gasteiger partial charge on any atom is 0.416 e. The van der Waals surface area contributed by atoms with E-state index in [9.17, 15) is 18.0 Å². The molecule has 0 bridgehead atoms. The van der Waals surface area contributed by atoms with Gasteiger partial charge in [-0.05, 0) is 55.0 Å². The average molecular weight is 390 g/mol. The third-order valence-corrected chi connectivity index (χ3v) is 3.41. The summed E-state index contributed by atoms with van der Waals surface area (Å²) in [5, 5.41) is 3.03. The first kappa shape index (κ1) is 21.6. The van der Waals surface area contributed by atoms with Crippen LogP contribution in [-0.4, -0.2) is 26.2 Å². The first-order chi connectivity index (χ1) is 11.9. The first-order valence-corrected chi connectivity index (χ1v) is 7.62. The van der Waals surface area contributed by atoms with E-state index in [0.717, 1.165) is 12.1 Å². The Morgan fingerprint density at radius 2 is 1.65 bits per heavy atom. The maximum atomic E-state index is 12.5. The summed E-state index contributed by atoms with van der Waals surface area (Å²) < 4.78 is 47.5. The van der Waals surface area contributed by atoms with Crippen LogP contribution in [0.3, 0.4) is 0 Å². The van der Waals surface area contributed by atoms with Gasteiger partial charge in [-0.3, -0.25) is 0 Å². The van der Waals surface area contributed by atoms with Gasteiger partial charge in [-0.15, -0.1) is 12.4 Å². The number of alkyl halides is 3. The van der Waals surface area contributed by atoms with E-state index in [1.807, 2.05) is 0 Å². The molecule has 0 aliphatic carbocycles. The standard InChI is InChI=1S/C18H18F3NO3.ClH/c1-24-17(23)13-3-9-16(10-4-13)25-12-2-11-22-15-7-5-14(6-8-15)18(19,20)21;/h3-10,22H,2,11-12H2,1H3;1H. The smallest absolute Gasteiger partial charge is 0.416 e. The predicted octanol–water partition coefficient (Wildman–Crippen LogP) is 4.79. The SMILES string of the molecule is COC(=O)c1ccc(OCCCNc2ccc(C(F)(F)F)cc2)cc1.Cl. The van der Waals surface area contributed by atoms with Gasteiger partial charge < -0.3 is 14.8 Å². The summed E-state index contributed by atoms with van der Waals surface area (Å²) in [6.45, 7) is 0.997.